The highest BCUT2D eigenvalue weighted by Crippen LogP contribution is 2.33. The Kier molecular flexibility index (Phi) is 8.15. The first kappa shape index (κ1) is 24.3. The second-order valence-electron chi connectivity index (χ2n) is 9.00. The molecule has 3 N–H and O–H groups in total. The van der Waals surface area contributed by atoms with Gasteiger partial charge in [0.25, 0.3) is 0 Å². The van der Waals surface area contributed by atoms with Crippen molar-refractivity contribution in [1.82, 2.24) is 10.2 Å². The molecular formula is C25H31Cl2N3O3. The second kappa shape index (κ2) is 11.1. The van der Waals surface area contributed by atoms with Gasteiger partial charge in [0.15, 0.2) is 0 Å². The molecule has 0 bridgehead atoms. The zero-order chi connectivity index (χ0) is 23.4. The highest BCUT2D eigenvalue weighted by atomic mass is 35.5. The average Bonchev–Trinajstić information content (AvgIpc) is 3.12. The lowest BCUT2D eigenvalue weighted by atomic mass is 10.0. The molecule has 0 radical (unpaired) electrons. The first-order chi connectivity index (χ1) is 15.9. The Morgan fingerprint density at radius 3 is 2.45 bits per heavy atom. The van der Waals surface area contributed by atoms with Crippen LogP contribution in [-0.4, -0.2) is 53.3 Å². The summed E-state index contributed by atoms with van der Waals surface area (Å²) < 4.78 is 6.10. The SMILES string of the molecule is CC(=O)Nc1cc(Cl)ccc1O[C@H]1CC[C@H](NC2CCN(Cc3ccc(Cl)cc3)CC2)[C@H]1O. The molecule has 1 saturated heterocycles. The Hall–Kier alpha value is -1.83. The third kappa shape index (κ3) is 6.61. The van der Waals surface area contributed by atoms with Gasteiger partial charge in [0.05, 0.1) is 5.69 Å². The summed E-state index contributed by atoms with van der Waals surface area (Å²) in [5.41, 5.74) is 1.80. The first-order valence-electron chi connectivity index (χ1n) is 11.5. The molecule has 2 aliphatic rings. The van der Waals surface area contributed by atoms with E-state index >= 15 is 0 Å². The van der Waals surface area contributed by atoms with Crippen molar-refractivity contribution >= 4 is 34.8 Å². The third-order valence-corrected chi connectivity index (χ3v) is 6.93. The minimum atomic E-state index is -0.613. The molecule has 2 aromatic rings. The number of hydrogen-bond acceptors (Lipinski definition) is 5. The van der Waals surface area contributed by atoms with Crippen molar-refractivity contribution < 1.29 is 14.6 Å². The smallest absolute Gasteiger partial charge is 0.221 e. The van der Waals surface area contributed by atoms with Crippen LogP contribution in [0.4, 0.5) is 5.69 Å². The van der Waals surface area contributed by atoms with E-state index in [1.54, 1.807) is 18.2 Å². The maximum absolute atomic E-state index is 11.5. The number of aliphatic hydroxyl groups is 1. The molecule has 6 nitrogen and oxygen atoms in total. The summed E-state index contributed by atoms with van der Waals surface area (Å²) >= 11 is 12.0. The van der Waals surface area contributed by atoms with E-state index in [2.05, 4.69) is 27.7 Å². The van der Waals surface area contributed by atoms with Crippen molar-refractivity contribution in [3.63, 3.8) is 0 Å². The van der Waals surface area contributed by atoms with Crippen LogP contribution in [0.1, 0.15) is 38.2 Å². The molecule has 33 heavy (non-hydrogen) atoms. The van der Waals surface area contributed by atoms with E-state index in [9.17, 15) is 9.90 Å². The molecule has 1 aliphatic carbocycles. The van der Waals surface area contributed by atoms with Crippen molar-refractivity contribution in [2.24, 2.45) is 0 Å². The van der Waals surface area contributed by atoms with Crippen LogP contribution in [0, 0.1) is 0 Å². The molecule has 1 amide bonds. The van der Waals surface area contributed by atoms with Gasteiger partial charge in [-0.2, -0.15) is 0 Å². The average molecular weight is 492 g/mol. The number of ether oxygens (including phenoxy) is 1. The van der Waals surface area contributed by atoms with Crippen molar-refractivity contribution in [3.05, 3.63) is 58.1 Å². The fraction of sp³-hybridized carbons (Fsp3) is 0.480. The third-order valence-electron chi connectivity index (χ3n) is 6.44. The summed E-state index contributed by atoms with van der Waals surface area (Å²) in [6.45, 7) is 4.42. The van der Waals surface area contributed by atoms with Gasteiger partial charge in [-0.25, -0.2) is 0 Å². The van der Waals surface area contributed by atoms with Crippen LogP contribution in [0.15, 0.2) is 42.5 Å². The molecule has 4 rings (SSSR count). The molecule has 0 unspecified atom stereocenters. The fourth-order valence-corrected chi connectivity index (χ4v) is 5.02. The van der Waals surface area contributed by atoms with E-state index in [0.717, 1.165) is 50.3 Å². The number of benzene rings is 2. The molecule has 2 fully saturated rings. The van der Waals surface area contributed by atoms with Gasteiger partial charge in [0, 0.05) is 35.6 Å². The van der Waals surface area contributed by atoms with E-state index in [-0.39, 0.29) is 18.1 Å². The Balaban J connectivity index is 1.27. The predicted molar refractivity (Wildman–Crippen MR) is 132 cm³/mol. The molecular weight excluding hydrogens is 461 g/mol. The number of likely N-dealkylation sites (tertiary alicyclic amines) is 1. The highest BCUT2D eigenvalue weighted by Gasteiger charge is 2.38. The zero-order valence-electron chi connectivity index (χ0n) is 18.8. The van der Waals surface area contributed by atoms with E-state index in [0.29, 0.717) is 22.5 Å². The van der Waals surface area contributed by atoms with Crippen LogP contribution in [0.3, 0.4) is 0 Å². The number of amides is 1. The number of rotatable bonds is 7. The Morgan fingerprint density at radius 1 is 1.06 bits per heavy atom. The summed E-state index contributed by atoms with van der Waals surface area (Å²) in [5, 5.41) is 18.6. The van der Waals surface area contributed by atoms with E-state index in [1.807, 2.05) is 12.1 Å². The number of halogens is 2. The molecule has 1 heterocycles. The monoisotopic (exact) mass is 491 g/mol. The van der Waals surface area contributed by atoms with E-state index in [4.69, 9.17) is 27.9 Å². The minimum absolute atomic E-state index is 0.000619. The quantitative estimate of drug-likeness (QED) is 0.532. The van der Waals surface area contributed by atoms with Gasteiger partial charge < -0.3 is 20.5 Å². The number of carbonyl (C=O) groups excluding carboxylic acids is 1. The first-order valence-corrected chi connectivity index (χ1v) is 12.3. The Morgan fingerprint density at radius 2 is 1.76 bits per heavy atom. The van der Waals surface area contributed by atoms with Gasteiger partial charge in [-0.15, -0.1) is 0 Å². The summed E-state index contributed by atoms with van der Waals surface area (Å²) in [4.78, 5) is 14.0. The van der Waals surface area contributed by atoms with Gasteiger partial charge in [-0.05, 0) is 74.7 Å². The molecule has 1 saturated carbocycles. The Bertz CT molecular complexity index is 948. The molecule has 2 aromatic carbocycles. The van der Waals surface area contributed by atoms with Crippen LogP contribution in [-0.2, 0) is 11.3 Å². The van der Waals surface area contributed by atoms with Gasteiger partial charge >= 0.3 is 0 Å². The summed E-state index contributed by atoms with van der Waals surface area (Å²) in [6, 6.07) is 13.5. The molecule has 3 atom stereocenters. The number of nitrogens with zero attached hydrogens (tertiary/aromatic N) is 1. The van der Waals surface area contributed by atoms with Crippen molar-refractivity contribution in [3.8, 4) is 5.75 Å². The highest BCUT2D eigenvalue weighted by molar-refractivity contribution is 6.31. The van der Waals surface area contributed by atoms with Gasteiger partial charge in [0.1, 0.15) is 18.0 Å². The standard InChI is InChI=1S/C25H31Cl2N3O3/c1-16(31)28-22-14-19(27)6-8-23(22)33-24-9-7-21(25(24)32)29-20-10-12-30(13-11-20)15-17-2-4-18(26)5-3-17/h2-6,8,14,20-21,24-25,29,32H,7,9-13,15H2,1H3,(H,28,31)/t21-,24-,25+/m0/s1. The number of carbonyl (C=O) groups is 1. The van der Waals surface area contributed by atoms with Gasteiger partial charge in [0.2, 0.25) is 5.91 Å². The zero-order valence-corrected chi connectivity index (χ0v) is 20.3. The minimum Gasteiger partial charge on any atom is -0.485 e. The van der Waals surface area contributed by atoms with E-state index in [1.165, 1.54) is 12.5 Å². The van der Waals surface area contributed by atoms with Crippen molar-refractivity contribution in [2.75, 3.05) is 18.4 Å². The maximum Gasteiger partial charge on any atom is 0.221 e. The van der Waals surface area contributed by atoms with Gasteiger partial charge in [-0.1, -0.05) is 35.3 Å². The van der Waals surface area contributed by atoms with Crippen LogP contribution >= 0.6 is 23.2 Å². The summed E-state index contributed by atoms with van der Waals surface area (Å²) in [5.74, 6) is 0.325. The van der Waals surface area contributed by atoms with E-state index < -0.39 is 6.10 Å². The molecule has 178 valence electrons. The van der Waals surface area contributed by atoms with Crippen LogP contribution in [0.5, 0.6) is 5.75 Å². The summed E-state index contributed by atoms with van der Waals surface area (Å²) in [7, 11) is 0. The Labute approximate surface area is 205 Å². The second-order valence-corrected chi connectivity index (χ2v) is 9.87. The van der Waals surface area contributed by atoms with Crippen molar-refractivity contribution in [1.29, 1.82) is 0 Å². The normalized spacial score (nSPS) is 24.1. The van der Waals surface area contributed by atoms with Crippen LogP contribution in [0.2, 0.25) is 10.0 Å². The molecule has 1 aliphatic heterocycles. The lowest BCUT2D eigenvalue weighted by Crippen LogP contribution is -2.50. The fourth-order valence-electron chi connectivity index (χ4n) is 4.72. The number of hydrogen-bond donors (Lipinski definition) is 3. The molecule has 8 heteroatoms. The lowest BCUT2D eigenvalue weighted by Gasteiger charge is -2.34. The molecule has 0 spiro atoms. The largest absolute Gasteiger partial charge is 0.485 e. The number of aliphatic hydroxyl groups excluding tert-OH is 1. The number of piperidine rings is 1. The predicted octanol–water partition coefficient (Wildman–Crippen LogP) is 4.48. The maximum atomic E-state index is 11.5. The summed E-state index contributed by atoms with van der Waals surface area (Å²) in [6.07, 6.45) is 2.74. The van der Waals surface area contributed by atoms with Crippen molar-refractivity contribution in [2.45, 2.75) is 63.4 Å². The van der Waals surface area contributed by atoms with Crippen LogP contribution in [0.25, 0.3) is 0 Å². The topological polar surface area (TPSA) is 73.8 Å². The lowest BCUT2D eigenvalue weighted by molar-refractivity contribution is -0.114. The van der Waals surface area contributed by atoms with Gasteiger partial charge in [-0.3, -0.25) is 9.69 Å². The van der Waals surface area contributed by atoms with Crippen LogP contribution < -0.4 is 15.4 Å². The number of anilines is 1. The molecule has 0 aromatic heterocycles. The number of nitrogens with one attached hydrogen (secondary N) is 2.